The Labute approximate surface area is 83.0 Å². The van der Waals surface area contributed by atoms with Gasteiger partial charge >= 0.3 is 0 Å². The van der Waals surface area contributed by atoms with Gasteiger partial charge in [-0.05, 0) is 24.7 Å². The second-order valence-electron chi connectivity index (χ2n) is 4.13. The Morgan fingerprint density at radius 2 is 1.85 bits per heavy atom. The summed E-state index contributed by atoms with van der Waals surface area (Å²) in [6.45, 7) is 11.0. The maximum atomic E-state index is 4.49. The first kappa shape index (κ1) is 12.4. The van der Waals surface area contributed by atoms with Gasteiger partial charge in [0, 0.05) is 11.9 Å². The molecule has 0 saturated carbocycles. The van der Waals surface area contributed by atoms with E-state index < -0.39 is 0 Å². The predicted octanol–water partition coefficient (Wildman–Crippen LogP) is 4.05. The normalized spacial score (nSPS) is 13.6. The van der Waals surface area contributed by atoms with Crippen LogP contribution in [0.4, 0.5) is 0 Å². The number of nitrogens with zero attached hydrogens (tertiary/aromatic N) is 1. The van der Waals surface area contributed by atoms with Gasteiger partial charge in [-0.3, -0.25) is 4.99 Å². The third kappa shape index (κ3) is 6.56. The van der Waals surface area contributed by atoms with E-state index in [2.05, 4.69) is 45.7 Å². The molecule has 0 amide bonds. The first-order valence-electron chi connectivity index (χ1n) is 5.30. The molecule has 0 N–H and O–H groups in total. The lowest BCUT2D eigenvalue weighted by Gasteiger charge is -2.05. The molecule has 0 atom stereocenters. The maximum Gasteiger partial charge on any atom is 0.0385 e. The van der Waals surface area contributed by atoms with Crippen LogP contribution in [0.5, 0.6) is 0 Å². The summed E-state index contributed by atoms with van der Waals surface area (Å²) in [6.07, 6.45) is 6.41. The van der Waals surface area contributed by atoms with Gasteiger partial charge in [0.1, 0.15) is 0 Å². The minimum Gasteiger partial charge on any atom is -0.266 e. The maximum absolute atomic E-state index is 4.49. The summed E-state index contributed by atoms with van der Waals surface area (Å²) >= 11 is 0. The molecule has 0 bridgehead atoms. The standard InChI is InChI=1S/C12H23N/c1-6-7-12(11(4)5)13-9-8-10(2)3/h7,9-11H,6,8H2,1-5H3/b12-7-,13-9-. The lowest BCUT2D eigenvalue weighted by atomic mass is 10.1. The zero-order valence-electron chi connectivity index (χ0n) is 9.67. The molecular formula is C12H23N. The molecule has 1 nitrogen and oxygen atoms in total. The fourth-order valence-electron chi connectivity index (χ4n) is 1.02. The van der Waals surface area contributed by atoms with Gasteiger partial charge in [0.25, 0.3) is 0 Å². The van der Waals surface area contributed by atoms with Gasteiger partial charge in [-0.15, -0.1) is 0 Å². The smallest absolute Gasteiger partial charge is 0.0385 e. The molecule has 0 heterocycles. The lowest BCUT2D eigenvalue weighted by Crippen LogP contribution is -1.93. The summed E-state index contributed by atoms with van der Waals surface area (Å²) in [5.41, 5.74) is 1.23. The van der Waals surface area contributed by atoms with Gasteiger partial charge in [-0.2, -0.15) is 0 Å². The number of allylic oxidation sites excluding steroid dienone is 2. The topological polar surface area (TPSA) is 12.4 Å². The van der Waals surface area contributed by atoms with Gasteiger partial charge < -0.3 is 0 Å². The molecule has 0 aliphatic rings. The molecule has 0 aromatic carbocycles. The van der Waals surface area contributed by atoms with E-state index in [9.17, 15) is 0 Å². The molecule has 1 heteroatoms. The van der Waals surface area contributed by atoms with Gasteiger partial charge in [-0.25, -0.2) is 0 Å². The van der Waals surface area contributed by atoms with E-state index >= 15 is 0 Å². The highest BCUT2D eigenvalue weighted by Crippen LogP contribution is 2.11. The van der Waals surface area contributed by atoms with Crippen LogP contribution in [0, 0.1) is 11.8 Å². The lowest BCUT2D eigenvalue weighted by molar-refractivity contribution is 0.687. The van der Waals surface area contributed by atoms with Crippen molar-refractivity contribution in [2.45, 2.75) is 47.5 Å². The quantitative estimate of drug-likeness (QED) is 0.567. The molecule has 0 radical (unpaired) electrons. The highest BCUT2D eigenvalue weighted by atomic mass is 14.7. The average molecular weight is 181 g/mol. The van der Waals surface area contributed by atoms with Crippen molar-refractivity contribution in [1.29, 1.82) is 0 Å². The van der Waals surface area contributed by atoms with Crippen LogP contribution >= 0.6 is 0 Å². The summed E-state index contributed by atoms with van der Waals surface area (Å²) in [4.78, 5) is 4.49. The second kappa shape index (κ2) is 6.88. The molecular weight excluding hydrogens is 158 g/mol. The number of rotatable bonds is 5. The molecule has 0 unspecified atom stereocenters. The molecule has 0 aromatic heterocycles. The Balaban J connectivity index is 4.10. The zero-order valence-corrected chi connectivity index (χ0v) is 9.67. The van der Waals surface area contributed by atoms with E-state index in [0.717, 1.165) is 12.8 Å². The van der Waals surface area contributed by atoms with Crippen LogP contribution in [0.3, 0.4) is 0 Å². The number of hydrogen-bond donors (Lipinski definition) is 0. The molecule has 13 heavy (non-hydrogen) atoms. The summed E-state index contributed by atoms with van der Waals surface area (Å²) < 4.78 is 0. The van der Waals surface area contributed by atoms with Crippen molar-refractivity contribution in [1.82, 2.24) is 0 Å². The van der Waals surface area contributed by atoms with E-state index in [-0.39, 0.29) is 0 Å². The highest BCUT2D eigenvalue weighted by Gasteiger charge is 1.98. The van der Waals surface area contributed by atoms with Crippen LogP contribution in [-0.2, 0) is 0 Å². The third-order valence-corrected chi connectivity index (χ3v) is 1.82. The molecule has 0 fully saturated rings. The van der Waals surface area contributed by atoms with Crippen molar-refractivity contribution >= 4 is 6.21 Å². The molecule has 0 saturated heterocycles. The first-order chi connectivity index (χ1) is 6.07. The highest BCUT2D eigenvalue weighted by molar-refractivity contribution is 5.59. The van der Waals surface area contributed by atoms with Gasteiger partial charge in [0.2, 0.25) is 0 Å². The van der Waals surface area contributed by atoms with E-state index in [1.54, 1.807) is 0 Å². The summed E-state index contributed by atoms with van der Waals surface area (Å²) in [6, 6.07) is 0. The fraction of sp³-hybridized carbons (Fsp3) is 0.750. The van der Waals surface area contributed by atoms with E-state index in [0.29, 0.717) is 11.8 Å². The van der Waals surface area contributed by atoms with Crippen molar-refractivity contribution < 1.29 is 0 Å². The Morgan fingerprint density at radius 1 is 1.23 bits per heavy atom. The molecule has 0 rings (SSSR count). The van der Waals surface area contributed by atoms with Gasteiger partial charge in [-0.1, -0.05) is 40.7 Å². The molecule has 0 spiro atoms. The summed E-state index contributed by atoms with van der Waals surface area (Å²) in [7, 11) is 0. The van der Waals surface area contributed by atoms with Crippen LogP contribution in [0.2, 0.25) is 0 Å². The Hall–Kier alpha value is -0.590. The summed E-state index contributed by atoms with van der Waals surface area (Å²) in [5.74, 6) is 1.25. The molecule has 0 aromatic rings. The minimum absolute atomic E-state index is 0.545. The number of hydrogen-bond acceptors (Lipinski definition) is 1. The van der Waals surface area contributed by atoms with Crippen LogP contribution in [-0.4, -0.2) is 6.21 Å². The second-order valence-corrected chi connectivity index (χ2v) is 4.13. The van der Waals surface area contributed by atoms with Crippen molar-refractivity contribution in [2.75, 3.05) is 0 Å². The Kier molecular flexibility index (Phi) is 6.56. The van der Waals surface area contributed by atoms with Crippen LogP contribution < -0.4 is 0 Å². The van der Waals surface area contributed by atoms with Crippen LogP contribution in [0.25, 0.3) is 0 Å². The van der Waals surface area contributed by atoms with Crippen LogP contribution in [0.1, 0.15) is 47.5 Å². The van der Waals surface area contributed by atoms with Crippen LogP contribution in [0.15, 0.2) is 16.8 Å². The Morgan fingerprint density at radius 3 is 2.23 bits per heavy atom. The Bertz CT molecular complexity index is 176. The fourth-order valence-corrected chi connectivity index (χ4v) is 1.02. The minimum atomic E-state index is 0.545. The third-order valence-electron chi connectivity index (χ3n) is 1.82. The molecule has 0 aliphatic heterocycles. The van der Waals surface area contributed by atoms with E-state index in [1.807, 2.05) is 6.21 Å². The predicted molar refractivity (Wildman–Crippen MR) is 61.2 cm³/mol. The largest absolute Gasteiger partial charge is 0.266 e. The first-order valence-corrected chi connectivity index (χ1v) is 5.30. The van der Waals surface area contributed by atoms with E-state index in [1.165, 1.54) is 5.70 Å². The average Bonchev–Trinajstić information content (AvgIpc) is 2.02. The van der Waals surface area contributed by atoms with Crippen molar-refractivity contribution in [2.24, 2.45) is 16.8 Å². The van der Waals surface area contributed by atoms with Gasteiger partial charge in [0.05, 0.1) is 0 Å². The SMILES string of the molecule is CC/C=C(\N=C/CC(C)C)C(C)C. The number of aliphatic imine (C=N–C) groups is 1. The zero-order chi connectivity index (χ0) is 10.3. The van der Waals surface area contributed by atoms with Gasteiger partial charge in [0.15, 0.2) is 0 Å². The summed E-state index contributed by atoms with van der Waals surface area (Å²) in [5, 5.41) is 0. The molecule has 0 aliphatic carbocycles. The van der Waals surface area contributed by atoms with E-state index in [4.69, 9.17) is 0 Å². The molecule has 76 valence electrons. The van der Waals surface area contributed by atoms with Crippen molar-refractivity contribution in [3.63, 3.8) is 0 Å². The van der Waals surface area contributed by atoms with Crippen molar-refractivity contribution in [3.8, 4) is 0 Å². The monoisotopic (exact) mass is 181 g/mol. The van der Waals surface area contributed by atoms with Crippen molar-refractivity contribution in [3.05, 3.63) is 11.8 Å².